The van der Waals surface area contributed by atoms with Crippen LogP contribution in [0.25, 0.3) is 0 Å². The lowest BCUT2D eigenvalue weighted by Crippen LogP contribution is -2.33. The van der Waals surface area contributed by atoms with Gasteiger partial charge in [0.25, 0.3) is 0 Å². The summed E-state index contributed by atoms with van der Waals surface area (Å²) in [6.07, 6.45) is 2.53. The predicted molar refractivity (Wildman–Crippen MR) is 59.4 cm³/mol. The lowest BCUT2D eigenvalue weighted by molar-refractivity contribution is -0.131. The molecule has 0 bridgehead atoms. The normalized spacial score (nSPS) is 19.0. The molecule has 2 N–H and O–H groups in total. The van der Waals surface area contributed by atoms with Crippen molar-refractivity contribution in [3.8, 4) is 0 Å². The summed E-state index contributed by atoms with van der Waals surface area (Å²) in [5, 5.41) is 3.89. The summed E-state index contributed by atoms with van der Waals surface area (Å²) in [4.78, 5) is 17.6. The van der Waals surface area contributed by atoms with E-state index in [2.05, 4.69) is 23.9 Å². The predicted octanol–water partition coefficient (Wildman–Crippen LogP) is 0.119. The largest absolute Gasteiger partial charge is 0.367 e. The summed E-state index contributed by atoms with van der Waals surface area (Å²) < 4.78 is 1.48. The Balaban J connectivity index is 1.94. The van der Waals surface area contributed by atoms with Crippen molar-refractivity contribution in [3.63, 3.8) is 0 Å². The Labute approximate surface area is 94.4 Å². The number of nitrogen functional groups attached to an aromatic ring is 1. The molecular weight excluding hydrogens is 206 g/mol. The van der Waals surface area contributed by atoms with Gasteiger partial charge in [0.1, 0.15) is 12.9 Å². The van der Waals surface area contributed by atoms with Crippen molar-refractivity contribution >= 4 is 11.9 Å². The van der Waals surface area contributed by atoms with Gasteiger partial charge in [-0.25, -0.2) is 9.67 Å². The molecule has 6 heteroatoms. The molecule has 0 saturated carbocycles. The van der Waals surface area contributed by atoms with Crippen LogP contribution < -0.4 is 5.73 Å². The van der Waals surface area contributed by atoms with Gasteiger partial charge >= 0.3 is 0 Å². The van der Waals surface area contributed by atoms with E-state index in [0.717, 1.165) is 19.5 Å². The first-order valence-corrected chi connectivity index (χ1v) is 5.39. The highest BCUT2D eigenvalue weighted by Crippen LogP contribution is 2.28. The van der Waals surface area contributed by atoms with E-state index in [1.54, 1.807) is 0 Å². The molecule has 16 heavy (non-hydrogen) atoms. The van der Waals surface area contributed by atoms with Crippen molar-refractivity contribution in [2.75, 3.05) is 18.8 Å². The lowest BCUT2D eigenvalue weighted by Gasteiger charge is -2.19. The molecule has 0 radical (unpaired) electrons. The number of carbonyl (C=O) groups excluding carboxylic acids is 1. The van der Waals surface area contributed by atoms with Crippen LogP contribution in [0.4, 0.5) is 5.95 Å². The number of likely N-dealkylation sites (tertiary alicyclic amines) is 1. The van der Waals surface area contributed by atoms with Crippen molar-refractivity contribution in [2.45, 2.75) is 26.8 Å². The molecule has 2 heterocycles. The molecule has 1 aliphatic rings. The Bertz CT molecular complexity index is 398. The molecule has 1 saturated heterocycles. The quantitative estimate of drug-likeness (QED) is 0.772. The van der Waals surface area contributed by atoms with Crippen molar-refractivity contribution in [1.29, 1.82) is 0 Å². The number of carbonyl (C=O) groups is 1. The molecule has 1 aliphatic heterocycles. The Kier molecular flexibility index (Phi) is 2.57. The lowest BCUT2D eigenvalue weighted by atomic mass is 9.93. The molecule has 88 valence electrons. The Morgan fingerprint density at radius 1 is 1.62 bits per heavy atom. The highest BCUT2D eigenvalue weighted by molar-refractivity contribution is 5.76. The molecule has 0 aromatic carbocycles. The zero-order chi connectivity index (χ0) is 11.8. The van der Waals surface area contributed by atoms with Crippen molar-refractivity contribution in [3.05, 3.63) is 6.33 Å². The summed E-state index contributed by atoms with van der Waals surface area (Å²) in [7, 11) is 0. The van der Waals surface area contributed by atoms with E-state index in [0.29, 0.717) is 0 Å². The van der Waals surface area contributed by atoms with Gasteiger partial charge in [0, 0.05) is 13.1 Å². The summed E-state index contributed by atoms with van der Waals surface area (Å²) in [6, 6.07) is 0. The third-order valence-corrected chi connectivity index (χ3v) is 2.88. The van der Waals surface area contributed by atoms with Gasteiger partial charge in [0.15, 0.2) is 0 Å². The molecule has 0 aliphatic carbocycles. The van der Waals surface area contributed by atoms with Gasteiger partial charge in [-0.3, -0.25) is 4.79 Å². The van der Waals surface area contributed by atoms with Crippen LogP contribution in [0.2, 0.25) is 0 Å². The van der Waals surface area contributed by atoms with Crippen LogP contribution in [0, 0.1) is 5.41 Å². The molecule has 1 aromatic heterocycles. The first-order valence-electron chi connectivity index (χ1n) is 5.39. The third kappa shape index (κ3) is 2.32. The zero-order valence-electron chi connectivity index (χ0n) is 9.68. The third-order valence-electron chi connectivity index (χ3n) is 2.88. The second kappa shape index (κ2) is 3.77. The summed E-state index contributed by atoms with van der Waals surface area (Å²) in [5.41, 5.74) is 5.62. The fourth-order valence-corrected chi connectivity index (χ4v) is 1.95. The summed E-state index contributed by atoms with van der Waals surface area (Å²) in [5.74, 6) is 0.282. The second-order valence-electron chi connectivity index (χ2n) is 5.03. The van der Waals surface area contributed by atoms with Crippen LogP contribution in [0.5, 0.6) is 0 Å². The van der Waals surface area contributed by atoms with E-state index >= 15 is 0 Å². The van der Waals surface area contributed by atoms with E-state index in [1.807, 2.05) is 4.90 Å². The maximum Gasteiger partial charge on any atom is 0.244 e. The molecule has 0 atom stereocenters. The topological polar surface area (TPSA) is 77.0 Å². The van der Waals surface area contributed by atoms with E-state index < -0.39 is 0 Å². The molecule has 0 unspecified atom stereocenters. The van der Waals surface area contributed by atoms with E-state index in [-0.39, 0.29) is 23.8 Å². The molecule has 0 spiro atoms. The molecule has 1 amide bonds. The molecule has 2 rings (SSSR count). The highest BCUT2D eigenvalue weighted by atomic mass is 16.2. The first kappa shape index (κ1) is 10.9. The molecule has 1 fully saturated rings. The van der Waals surface area contributed by atoms with Crippen LogP contribution in [-0.4, -0.2) is 38.7 Å². The first-order chi connectivity index (χ1) is 7.46. The second-order valence-corrected chi connectivity index (χ2v) is 5.03. The van der Waals surface area contributed by atoms with Gasteiger partial charge in [-0.05, 0) is 11.8 Å². The van der Waals surface area contributed by atoms with Gasteiger partial charge in [0.05, 0.1) is 0 Å². The van der Waals surface area contributed by atoms with Gasteiger partial charge < -0.3 is 10.6 Å². The Morgan fingerprint density at radius 3 is 2.88 bits per heavy atom. The SMILES string of the molecule is CC1(C)CCN(C(=O)Cn2cnc(N)n2)C1. The van der Waals surface area contributed by atoms with Crippen molar-refractivity contribution in [2.24, 2.45) is 5.41 Å². The van der Waals surface area contributed by atoms with Crippen LogP contribution >= 0.6 is 0 Å². The van der Waals surface area contributed by atoms with Crippen molar-refractivity contribution in [1.82, 2.24) is 19.7 Å². The number of nitrogens with two attached hydrogens (primary N) is 1. The number of amides is 1. The number of nitrogens with zero attached hydrogens (tertiary/aromatic N) is 4. The fraction of sp³-hybridized carbons (Fsp3) is 0.700. The van der Waals surface area contributed by atoms with Gasteiger partial charge in [0.2, 0.25) is 11.9 Å². The minimum atomic E-state index is 0.0791. The number of hydrogen-bond donors (Lipinski definition) is 1. The van der Waals surface area contributed by atoms with Crippen LogP contribution in [-0.2, 0) is 11.3 Å². The maximum absolute atomic E-state index is 11.9. The van der Waals surface area contributed by atoms with Crippen LogP contribution in [0.15, 0.2) is 6.33 Å². The van der Waals surface area contributed by atoms with Gasteiger partial charge in [-0.2, -0.15) is 0 Å². The van der Waals surface area contributed by atoms with E-state index in [4.69, 9.17) is 5.73 Å². The van der Waals surface area contributed by atoms with Gasteiger partial charge in [-0.15, -0.1) is 5.10 Å². The van der Waals surface area contributed by atoms with Crippen LogP contribution in [0.3, 0.4) is 0 Å². The minimum Gasteiger partial charge on any atom is -0.367 e. The Hall–Kier alpha value is -1.59. The standard InChI is InChI=1S/C10H17N5O/c1-10(2)3-4-14(6-10)8(16)5-15-7-12-9(11)13-15/h7H,3-6H2,1-2H3,(H2,11,13). The van der Waals surface area contributed by atoms with E-state index in [9.17, 15) is 4.79 Å². The minimum absolute atomic E-state index is 0.0791. The van der Waals surface area contributed by atoms with E-state index in [1.165, 1.54) is 11.0 Å². The Morgan fingerprint density at radius 2 is 2.38 bits per heavy atom. The van der Waals surface area contributed by atoms with Crippen molar-refractivity contribution < 1.29 is 4.79 Å². The average Bonchev–Trinajstić information content (AvgIpc) is 2.72. The molecular formula is C10H17N5O. The summed E-state index contributed by atoms with van der Waals surface area (Å²) >= 11 is 0. The number of anilines is 1. The zero-order valence-corrected chi connectivity index (χ0v) is 9.68. The van der Waals surface area contributed by atoms with Crippen LogP contribution in [0.1, 0.15) is 20.3 Å². The highest BCUT2D eigenvalue weighted by Gasteiger charge is 2.31. The monoisotopic (exact) mass is 223 g/mol. The number of hydrogen-bond acceptors (Lipinski definition) is 4. The van der Waals surface area contributed by atoms with Gasteiger partial charge in [-0.1, -0.05) is 13.8 Å². The average molecular weight is 223 g/mol. The smallest absolute Gasteiger partial charge is 0.244 e. The maximum atomic E-state index is 11.9. The molecule has 1 aromatic rings. The number of rotatable bonds is 2. The number of aromatic nitrogens is 3. The fourth-order valence-electron chi connectivity index (χ4n) is 1.95. The summed E-state index contributed by atoms with van der Waals surface area (Å²) in [6.45, 7) is 6.22. The molecule has 6 nitrogen and oxygen atoms in total.